The van der Waals surface area contributed by atoms with E-state index in [1.807, 2.05) is 16.7 Å². The molecule has 0 aliphatic carbocycles. The molecule has 2 aromatic rings. The number of carbonyl (C=O) groups excluding carboxylic acids is 1. The fourth-order valence-corrected chi connectivity index (χ4v) is 2.35. The van der Waals surface area contributed by atoms with E-state index in [9.17, 15) is 4.79 Å². The molecule has 0 aromatic carbocycles. The van der Waals surface area contributed by atoms with Crippen LogP contribution in [0.2, 0.25) is 0 Å². The number of imidazole rings is 1. The first-order chi connectivity index (χ1) is 8.40. The highest BCUT2D eigenvalue weighted by Crippen LogP contribution is 2.27. The van der Waals surface area contributed by atoms with Gasteiger partial charge in [0.25, 0.3) is 0 Å². The van der Waals surface area contributed by atoms with E-state index in [4.69, 9.17) is 4.74 Å². The molecular formula is C13H14N2O2. The average Bonchev–Trinajstić information content (AvgIpc) is 2.83. The first-order valence-electron chi connectivity index (χ1n) is 5.93. The highest BCUT2D eigenvalue weighted by atomic mass is 16.5. The van der Waals surface area contributed by atoms with Crippen molar-refractivity contribution in [1.82, 2.24) is 9.38 Å². The van der Waals surface area contributed by atoms with Crippen molar-refractivity contribution in [3.63, 3.8) is 0 Å². The number of aromatic nitrogens is 2. The highest BCUT2D eigenvalue weighted by Gasteiger charge is 2.20. The molecule has 0 N–H and O–H groups in total. The van der Waals surface area contributed by atoms with Crippen LogP contribution in [0.4, 0.5) is 0 Å². The average molecular weight is 230 g/mol. The molecule has 1 atom stereocenters. The summed E-state index contributed by atoms with van der Waals surface area (Å²) in [6.45, 7) is 0.799. The summed E-state index contributed by atoms with van der Waals surface area (Å²) in [5.41, 5.74) is 1.52. The van der Waals surface area contributed by atoms with Crippen LogP contribution in [-0.2, 0) is 4.74 Å². The maximum Gasteiger partial charge on any atom is 0.152 e. The molecule has 1 fully saturated rings. The zero-order valence-corrected chi connectivity index (χ0v) is 9.50. The molecule has 2 aromatic heterocycles. The van der Waals surface area contributed by atoms with Gasteiger partial charge in [-0.3, -0.25) is 4.79 Å². The Labute approximate surface area is 99.2 Å². The van der Waals surface area contributed by atoms with E-state index in [0.29, 0.717) is 5.56 Å². The molecule has 4 heteroatoms. The zero-order valence-electron chi connectivity index (χ0n) is 9.50. The van der Waals surface area contributed by atoms with Crippen molar-refractivity contribution in [3.8, 4) is 0 Å². The summed E-state index contributed by atoms with van der Waals surface area (Å²) >= 11 is 0. The van der Waals surface area contributed by atoms with Crippen molar-refractivity contribution in [3.05, 3.63) is 35.9 Å². The Morgan fingerprint density at radius 1 is 1.47 bits per heavy atom. The third kappa shape index (κ3) is 1.74. The first-order valence-corrected chi connectivity index (χ1v) is 5.93. The number of aldehydes is 1. The number of pyridine rings is 1. The summed E-state index contributed by atoms with van der Waals surface area (Å²) < 4.78 is 7.69. The predicted octanol–water partition coefficient (Wildman–Crippen LogP) is 2.39. The first kappa shape index (κ1) is 10.5. The molecule has 88 valence electrons. The summed E-state index contributed by atoms with van der Waals surface area (Å²) in [6.07, 6.45) is 7.91. The van der Waals surface area contributed by atoms with Crippen molar-refractivity contribution in [2.45, 2.75) is 25.4 Å². The lowest BCUT2D eigenvalue weighted by atomic mass is 10.1. The molecule has 0 radical (unpaired) electrons. The number of hydrogen-bond donors (Lipinski definition) is 0. The van der Waals surface area contributed by atoms with Crippen LogP contribution in [0.3, 0.4) is 0 Å². The van der Waals surface area contributed by atoms with Crippen LogP contribution in [0.15, 0.2) is 24.5 Å². The normalized spacial score (nSPS) is 20.6. The van der Waals surface area contributed by atoms with Crippen molar-refractivity contribution >= 4 is 11.8 Å². The van der Waals surface area contributed by atoms with Crippen LogP contribution in [-0.4, -0.2) is 22.3 Å². The molecule has 0 bridgehead atoms. The van der Waals surface area contributed by atoms with Gasteiger partial charge in [-0.05, 0) is 31.4 Å². The largest absolute Gasteiger partial charge is 0.370 e. The minimum Gasteiger partial charge on any atom is -0.370 e. The molecule has 3 rings (SSSR count). The van der Waals surface area contributed by atoms with E-state index in [1.165, 1.54) is 6.42 Å². The van der Waals surface area contributed by atoms with Gasteiger partial charge < -0.3 is 9.14 Å². The van der Waals surface area contributed by atoms with Gasteiger partial charge in [-0.2, -0.15) is 0 Å². The summed E-state index contributed by atoms with van der Waals surface area (Å²) in [4.78, 5) is 15.3. The lowest BCUT2D eigenvalue weighted by molar-refractivity contribution is 0.00915. The van der Waals surface area contributed by atoms with Gasteiger partial charge in [-0.1, -0.05) is 0 Å². The fraction of sp³-hybridized carbons (Fsp3) is 0.385. The Morgan fingerprint density at radius 2 is 2.41 bits per heavy atom. The van der Waals surface area contributed by atoms with Gasteiger partial charge in [0.1, 0.15) is 11.9 Å². The van der Waals surface area contributed by atoms with Crippen LogP contribution in [0.5, 0.6) is 0 Å². The summed E-state index contributed by atoms with van der Waals surface area (Å²) in [5, 5.41) is 0. The van der Waals surface area contributed by atoms with Crippen molar-refractivity contribution in [2.75, 3.05) is 6.61 Å². The van der Waals surface area contributed by atoms with Gasteiger partial charge in [-0.15, -0.1) is 0 Å². The number of carbonyl (C=O) groups is 1. The molecule has 0 spiro atoms. The van der Waals surface area contributed by atoms with Gasteiger partial charge in [0.05, 0.1) is 11.7 Å². The number of ether oxygens (including phenoxy) is 1. The van der Waals surface area contributed by atoms with Crippen molar-refractivity contribution in [1.29, 1.82) is 0 Å². The van der Waals surface area contributed by atoms with E-state index >= 15 is 0 Å². The molecule has 0 saturated carbocycles. The Bertz CT molecular complexity index is 541. The quantitative estimate of drug-likeness (QED) is 0.744. The molecule has 17 heavy (non-hydrogen) atoms. The topological polar surface area (TPSA) is 43.6 Å². The Kier molecular flexibility index (Phi) is 2.65. The number of hydrogen-bond acceptors (Lipinski definition) is 3. The Balaban J connectivity index is 2.08. The van der Waals surface area contributed by atoms with E-state index in [2.05, 4.69) is 4.98 Å². The molecule has 3 heterocycles. The fourth-order valence-electron chi connectivity index (χ4n) is 2.35. The number of fused-ring (bicyclic) bond motifs is 1. The summed E-state index contributed by atoms with van der Waals surface area (Å²) in [7, 11) is 0. The monoisotopic (exact) mass is 230 g/mol. The predicted molar refractivity (Wildman–Crippen MR) is 63.1 cm³/mol. The minimum absolute atomic E-state index is 0.0631. The second-order valence-corrected chi connectivity index (χ2v) is 4.31. The van der Waals surface area contributed by atoms with E-state index in [1.54, 1.807) is 12.3 Å². The van der Waals surface area contributed by atoms with Crippen LogP contribution >= 0.6 is 0 Å². The number of rotatable bonds is 2. The molecule has 4 nitrogen and oxygen atoms in total. The third-order valence-electron chi connectivity index (χ3n) is 3.23. The Hall–Kier alpha value is -1.68. The third-order valence-corrected chi connectivity index (χ3v) is 3.23. The van der Waals surface area contributed by atoms with Gasteiger partial charge >= 0.3 is 0 Å². The van der Waals surface area contributed by atoms with Crippen LogP contribution < -0.4 is 0 Å². The smallest absolute Gasteiger partial charge is 0.152 e. The summed E-state index contributed by atoms with van der Waals surface area (Å²) in [6, 6.07) is 3.67. The van der Waals surface area contributed by atoms with Gasteiger partial charge in [0, 0.05) is 18.4 Å². The molecule has 1 saturated heterocycles. The lowest BCUT2D eigenvalue weighted by Crippen LogP contribution is -2.14. The zero-order chi connectivity index (χ0) is 11.7. The molecule has 0 amide bonds. The van der Waals surface area contributed by atoms with E-state index < -0.39 is 0 Å². The van der Waals surface area contributed by atoms with Crippen LogP contribution in [0, 0.1) is 0 Å². The molecule has 1 aliphatic rings. The van der Waals surface area contributed by atoms with Gasteiger partial charge in [0.2, 0.25) is 0 Å². The van der Waals surface area contributed by atoms with Gasteiger partial charge in [0.15, 0.2) is 6.29 Å². The highest BCUT2D eigenvalue weighted by molar-refractivity contribution is 5.85. The van der Waals surface area contributed by atoms with Crippen molar-refractivity contribution < 1.29 is 9.53 Å². The molecular weight excluding hydrogens is 216 g/mol. The Morgan fingerprint density at radius 3 is 3.18 bits per heavy atom. The van der Waals surface area contributed by atoms with E-state index in [0.717, 1.165) is 37.1 Å². The second-order valence-electron chi connectivity index (χ2n) is 4.31. The maximum absolute atomic E-state index is 10.9. The SMILES string of the molecule is O=Cc1cccn2c(C3CCCCO3)ncc12. The van der Waals surface area contributed by atoms with Crippen molar-refractivity contribution in [2.24, 2.45) is 0 Å². The van der Waals surface area contributed by atoms with Gasteiger partial charge in [-0.25, -0.2) is 4.98 Å². The summed E-state index contributed by atoms with van der Waals surface area (Å²) in [5.74, 6) is 0.906. The standard InChI is InChI=1S/C13H14N2O2/c16-9-10-4-3-6-15-11(10)8-14-13(15)12-5-1-2-7-17-12/h3-4,6,8-9,12H,1-2,5,7H2. The van der Waals surface area contributed by atoms with Crippen LogP contribution in [0.1, 0.15) is 41.5 Å². The maximum atomic E-state index is 10.9. The number of nitrogens with zero attached hydrogens (tertiary/aromatic N) is 2. The molecule has 1 unspecified atom stereocenters. The van der Waals surface area contributed by atoms with E-state index in [-0.39, 0.29) is 6.10 Å². The minimum atomic E-state index is 0.0631. The lowest BCUT2D eigenvalue weighted by Gasteiger charge is -2.21. The second kappa shape index (κ2) is 4.30. The van der Waals surface area contributed by atoms with Crippen LogP contribution in [0.25, 0.3) is 5.52 Å². The molecule has 1 aliphatic heterocycles.